The van der Waals surface area contributed by atoms with E-state index in [0.717, 1.165) is 5.56 Å². The van der Waals surface area contributed by atoms with Gasteiger partial charge in [-0.25, -0.2) is 4.98 Å². The maximum Gasteiger partial charge on any atom is 0.251 e. The molecular formula is C15H15BrN2O4. The predicted octanol–water partition coefficient (Wildman–Crippen LogP) is 2.50. The van der Waals surface area contributed by atoms with Crippen molar-refractivity contribution in [2.45, 2.75) is 6.54 Å². The van der Waals surface area contributed by atoms with Gasteiger partial charge >= 0.3 is 0 Å². The number of hydrogen-bond donors (Lipinski definition) is 2. The van der Waals surface area contributed by atoms with Crippen molar-refractivity contribution in [2.75, 3.05) is 14.2 Å². The van der Waals surface area contributed by atoms with E-state index in [1.165, 1.54) is 26.4 Å². The molecule has 2 rings (SSSR count). The normalized spacial score (nSPS) is 10.1. The number of hydrogen-bond acceptors (Lipinski definition) is 5. The second kappa shape index (κ2) is 7.13. The van der Waals surface area contributed by atoms with Crippen LogP contribution in [0.15, 0.2) is 34.9 Å². The fourth-order valence-corrected chi connectivity index (χ4v) is 2.26. The first-order chi connectivity index (χ1) is 10.5. The molecule has 0 saturated heterocycles. The molecule has 2 aromatic rings. The van der Waals surface area contributed by atoms with Crippen molar-refractivity contribution < 1.29 is 19.4 Å². The molecule has 22 heavy (non-hydrogen) atoms. The van der Waals surface area contributed by atoms with Gasteiger partial charge in [0.25, 0.3) is 5.91 Å². The third-order valence-corrected chi connectivity index (χ3v) is 3.58. The molecule has 0 aliphatic heterocycles. The number of nitrogens with zero attached hydrogens (tertiary/aromatic N) is 1. The Kier molecular flexibility index (Phi) is 5.21. The van der Waals surface area contributed by atoms with Gasteiger partial charge in [-0.2, -0.15) is 0 Å². The standard InChI is InChI=1S/C15H15BrN2O4/c1-21-12-7-10(6-11(16)14(12)19)15(20)18-8-9-3-4-17-13(5-9)22-2/h3-7,19H,8H2,1-2H3,(H,18,20). The van der Waals surface area contributed by atoms with E-state index in [1.54, 1.807) is 18.3 Å². The SMILES string of the molecule is COc1cc(CNC(=O)c2cc(Br)c(O)c(OC)c2)ccn1. The highest BCUT2D eigenvalue weighted by Gasteiger charge is 2.13. The number of pyridine rings is 1. The topological polar surface area (TPSA) is 80.7 Å². The highest BCUT2D eigenvalue weighted by molar-refractivity contribution is 9.10. The van der Waals surface area contributed by atoms with Gasteiger partial charge in [0.2, 0.25) is 5.88 Å². The van der Waals surface area contributed by atoms with Crippen molar-refractivity contribution in [2.24, 2.45) is 0 Å². The Morgan fingerprint density at radius 3 is 2.77 bits per heavy atom. The highest BCUT2D eigenvalue weighted by atomic mass is 79.9. The number of carbonyl (C=O) groups is 1. The third-order valence-electron chi connectivity index (χ3n) is 2.97. The zero-order valence-corrected chi connectivity index (χ0v) is 13.7. The second-order valence-corrected chi connectivity index (χ2v) is 5.25. The van der Waals surface area contributed by atoms with Gasteiger partial charge in [-0.15, -0.1) is 0 Å². The summed E-state index contributed by atoms with van der Waals surface area (Å²) in [5.74, 6) is 0.388. The highest BCUT2D eigenvalue weighted by Crippen LogP contribution is 2.35. The van der Waals surface area contributed by atoms with E-state index in [4.69, 9.17) is 9.47 Å². The van der Waals surface area contributed by atoms with Crippen LogP contribution < -0.4 is 14.8 Å². The van der Waals surface area contributed by atoms with Gasteiger partial charge in [0.05, 0.1) is 18.7 Å². The van der Waals surface area contributed by atoms with E-state index in [1.807, 2.05) is 0 Å². The molecule has 6 nitrogen and oxygen atoms in total. The minimum atomic E-state index is -0.283. The number of halogens is 1. The fourth-order valence-electron chi connectivity index (χ4n) is 1.82. The number of nitrogens with one attached hydrogen (secondary N) is 1. The Hall–Kier alpha value is -2.28. The molecule has 1 aromatic carbocycles. The number of ether oxygens (including phenoxy) is 2. The molecule has 0 bridgehead atoms. The molecule has 0 spiro atoms. The van der Waals surface area contributed by atoms with Gasteiger partial charge in [-0.1, -0.05) is 0 Å². The summed E-state index contributed by atoms with van der Waals surface area (Å²) in [5.41, 5.74) is 1.24. The number of amides is 1. The molecule has 0 unspecified atom stereocenters. The average molecular weight is 367 g/mol. The lowest BCUT2D eigenvalue weighted by molar-refractivity contribution is 0.0950. The number of phenols is 1. The van der Waals surface area contributed by atoms with Crippen molar-refractivity contribution in [3.8, 4) is 17.4 Å². The van der Waals surface area contributed by atoms with E-state index in [9.17, 15) is 9.90 Å². The lowest BCUT2D eigenvalue weighted by atomic mass is 10.2. The Bertz CT molecular complexity index is 691. The molecule has 0 fully saturated rings. The monoisotopic (exact) mass is 366 g/mol. The van der Waals surface area contributed by atoms with Gasteiger partial charge in [-0.05, 0) is 39.7 Å². The van der Waals surface area contributed by atoms with Crippen molar-refractivity contribution in [3.05, 3.63) is 46.1 Å². The molecule has 1 aromatic heterocycles. The van der Waals surface area contributed by atoms with Crippen LogP contribution in [0.2, 0.25) is 0 Å². The zero-order chi connectivity index (χ0) is 16.1. The van der Waals surface area contributed by atoms with Crippen LogP contribution in [-0.2, 0) is 6.54 Å². The minimum absolute atomic E-state index is 0.0436. The van der Waals surface area contributed by atoms with Crippen molar-refractivity contribution in [1.29, 1.82) is 0 Å². The van der Waals surface area contributed by atoms with E-state index >= 15 is 0 Å². The van der Waals surface area contributed by atoms with Crippen LogP contribution in [-0.4, -0.2) is 30.2 Å². The lowest BCUT2D eigenvalue weighted by Gasteiger charge is -2.10. The van der Waals surface area contributed by atoms with E-state index in [2.05, 4.69) is 26.2 Å². The Labute approximate surface area is 136 Å². The molecule has 7 heteroatoms. The van der Waals surface area contributed by atoms with Gasteiger partial charge in [0, 0.05) is 24.4 Å². The number of rotatable bonds is 5. The summed E-state index contributed by atoms with van der Waals surface area (Å²) in [4.78, 5) is 16.2. The Balaban J connectivity index is 2.10. The molecule has 2 N–H and O–H groups in total. The number of phenolic OH excluding ortho intramolecular Hbond substituents is 1. The van der Waals surface area contributed by atoms with Gasteiger partial charge in [0.15, 0.2) is 11.5 Å². The van der Waals surface area contributed by atoms with Crippen LogP contribution in [0.25, 0.3) is 0 Å². The summed E-state index contributed by atoms with van der Waals surface area (Å²) >= 11 is 3.19. The van der Waals surface area contributed by atoms with Crippen molar-refractivity contribution >= 4 is 21.8 Å². The van der Waals surface area contributed by atoms with Gasteiger partial charge in [-0.3, -0.25) is 4.79 Å². The van der Waals surface area contributed by atoms with Crippen molar-refractivity contribution in [3.63, 3.8) is 0 Å². The average Bonchev–Trinajstić information content (AvgIpc) is 2.55. The molecule has 1 heterocycles. The molecule has 0 radical (unpaired) electrons. The van der Waals surface area contributed by atoms with Crippen LogP contribution in [0.3, 0.4) is 0 Å². The smallest absolute Gasteiger partial charge is 0.251 e. The summed E-state index contributed by atoms with van der Waals surface area (Å²) in [6.45, 7) is 0.332. The minimum Gasteiger partial charge on any atom is -0.503 e. The molecule has 116 valence electrons. The molecule has 0 saturated carbocycles. The number of benzene rings is 1. The summed E-state index contributed by atoms with van der Waals surface area (Å²) in [6, 6.07) is 6.53. The zero-order valence-electron chi connectivity index (χ0n) is 12.1. The molecule has 0 atom stereocenters. The van der Waals surface area contributed by atoms with E-state index in [0.29, 0.717) is 22.5 Å². The predicted molar refractivity (Wildman–Crippen MR) is 84.3 cm³/mol. The maximum absolute atomic E-state index is 12.2. The third kappa shape index (κ3) is 3.67. The summed E-state index contributed by atoms with van der Waals surface area (Å²) < 4.78 is 10.4. The van der Waals surface area contributed by atoms with Crippen LogP contribution >= 0.6 is 15.9 Å². The first-order valence-corrected chi connectivity index (χ1v) is 7.18. The number of aromatic nitrogens is 1. The molecular weight excluding hydrogens is 352 g/mol. The first-order valence-electron chi connectivity index (χ1n) is 6.38. The molecule has 1 amide bonds. The van der Waals surface area contributed by atoms with Crippen molar-refractivity contribution in [1.82, 2.24) is 10.3 Å². The lowest BCUT2D eigenvalue weighted by Crippen LogP contribution is -2.22. The quantitative estimate of drug-likeness (QED) is 0.849. The molecule has 0 aliphatic rings. The van der Waals surface area contributed by atoms with Gasteiger partial charge < -0.3 is 19.9 Å². The van der Waals surface area contributed by atoms with E-state index < -0.39 is 0 Å². The Morgan fingerprint density at radius 1 is 1.32 bits per heavy atom. The Morgan fingerprint density at radius 2 is 2.09 bits per heavy atom. The van der Waals surface area contributed by atoms with Crippen LogP contribution in [0, 0.1) is 0 Å². The summed E-state index contributed by atoms with van der Waals surface area (Å²) in [5, 5.41) is 12.5. The first kappa shape index (κ1) is 16.1. The number of methoxy groups -OCH3 is 2. The van der Waals surface area contributed by atoms with Gasteiger partial charge in [0.1, 0.15) is 0 Å². The summed E-state index contributed by atoms with van der Waals surface area (Å²) in [6.07, 6.45) is 1.61. The molecule has 0 aliphatic carbocycles. The van der Waals surface area contributed by atoms with E-state index in [-0.39, 0.29) is 17.4 Å². The fraction of sp³-hybridized carbons (Fsp3) is 0.200. The number of carbonyl (C=O) groups excluding carboxylic acids is 1. The second-order valence-electron chi connectivity index (χ2n) is 4.40. The van der Waals surface area contributed by atoms with Crippen LogP contribution in [0.5, 0.6) is 17.4 Å². The summed E-state index contributed by atoms with van der Waals surface area (Å²) in [7, 11) is 2.96. The largest absolute Gasteiger partial charge is 0.503 e. The van der Waals surface area contributed by atoms with Crippen LogP contribution in [0.4, 0.5) is 0 Å². The number of aromatic hydroxyl groups is 1. The van der Waals surface area contributed by atoms with Crippen LogP contribution in [0.1, 0.15) is 15.9 Å². The maximum atomic E-state index is 12.2.